The van der Waals surface area contributed by atoms with Crippen LogP contribution >= 0.6 is 43.2 Å². The van der Waals surface area contributed by atoms with Crippen LogP contribution in [-0.2, 0) is 6.42 Å². The van der Waals surface area contributed by atoms with Crippen molar-refractivity contribution in [1.29, 1.82) is 0 Å². The molecule has 0 fully saturated rings. The Morgan fingerprint density at radius 1 is 1.50 bits per heavy atom. The third-order valence-electron chi connectivity index (χ3n) is 1.88. The molecular weight excluding hydrogens is 328 g/mol. The van der Waals surface area contributed by atoms with E-state index in [0.717, 1.165) is 11.3 Å². The Morgan fingerprint density at radius 2 is 2.21 bits per heavy atom. The van der Waals surface area contributed by atoms with E-state index < -0.39 is 0 Å². The van der Waals surface area contributed by atoms with Gasteiger partial charge in [-0.25, -0.2) is 0 Å². The normalized spacial score (nSPS) is 10.9. The van der Waals surface area contributed by atoms with Crippen LogP contribution in [0.3, 0.4) is 0 Å². The predicted octanol–water partition coefficient (Wildman–Crippen LogP) is 4.39. The van der Waals surface area contributed by atoms with E-state index in [1.165, 1.54) is 17.7 Å². The molecule has 0 aliphatic rings. The first-order chi connectivity index (χ1) is 6.65. The minimum atomic E-state index is -0.257. The molecule has 0 saturated heterocycles. The highest BCUT2D eigenvalue weighted by Gasteiger charge is 2.15. The third kappa shape index (κ3) is 3.48. The van der Waals surface area contributed by atoms with E-state index in [9.17, 15) is 4.79 Å². The van der Waals surface area contributed by atoms with Crippen LogP contribution in [0.5, 0.6) is 0 Å². The summed E-state index contributed by atoms with van der Waals surface area (Å²) in [6.07, 6.45) is 3.48. The number of aryl methyl sites for hydroxylation is 1. The van der Waals surface area contributed by atoms with Crippen molar-refractivity contribution in [3.05, 3.63) is 21.9 Å². The summed E-state index contributed by atoms with van der Waals surface area (Å²) >= 11 is 8.02. The van der Waals surface area contributed by atoms with Crippen molar-refractivity contribution in [1.82, 2.24) is 0 Å². The zero-order valence-corrected chi connectivity index (χ0v) is 11.9. The molecule has 1 aromatic rings. The van der Waals surface area contributed by atoms with Crippen molar-refractivity contribution < 1.29 is 4.79 Å². The molecular formula is C10H12Br2OS. The lowest BCUT2D eigenvalue weighted by Gasteiger charge is -1.96. The maximum atomic E-state index is 11.5. The Morgan fingerprint density at radius 3 is 2.79 bits per heavy atom. The second kappa shape index (κ2) is 6.03. The Balaban J connectivity index is 2.63. The van der Waals surface area contributed by atoms with Gasteiger partial charge < -0.3 is 0 Å². The fourth-order valence-corrected chi connectivity index (χ4v) is 2.92. The van der Waals surface area contributed by atoms with Crippen LogP contribution in [-0.4, -0.2) is 9.52 Å². The number of alkyl halides is 2. The van der Waals surface area contributed by atoms with Crippen molar-refractivity contribution in [3.63, 3.8) is 0 Å². The number of halogens is 2. The minimum Gasteiger partial charge on any atom is -0.291 e. The molecule has 0 unspecified atom stereocenters. The van der Waals surface area contributed by atoms with Crippen molar-refractivity contribution in [3.8, 4) is 0 Å². The first-order valence-corrected chi connectivity index (χ1v) is 7.21. The lowest BCUT2D eigenvalue weighted by molar-refractivity contribution is 0.102. The molecule has 0 spiro atoms. The van der Waals surface area contributed by atoms with E-state index in [-0.39, 0.29) is 9.52 Å². The average molecular weight is 340 g/mol. The Hall–Kier alpha value is 0.330. The molecule has 1 rings (SSSR count). The molecule has 4 heteroatoms. The molecule has 1 nitrogen and oxygen atoms in total. The second-order valence-electron chi connectivity index (χ2n) is 3.03. The molecule has 0 amide bonds. The highest BCUT2D eigenvalue weighted by molar-refractivity contribution is 9.25. The maximum absolute atomic E-state index is 11.5. The van der Waals surface area contributed by atoms with E-state index in [1.807, 2.05) is 6.07 Å². The summed E-state index contributed by atoms with van der Waals surface area (Å²) < 4.78 is -0.257. The topological polar surface area (TPSA) is 17.1 Å². The zero-order chi connectivity index (χ0) is 10.6. The molecule has 0 N–H and O–H groups in total. The van der Waals surface area contributed by atoms with E-state index in [1.54, 1.807) is 11.3 Å². The maximum Gasteiger partial charge on any atom is 0.197 e. The van der Waals surface area contributed by atoms with Crippen LogP contribution in [0.1, 0.15) is 34.3 Å². The van der Waals surface area contributed by atoms with Crippen LogP contribution < -0.4 is 0 Å². The van der Waals surface area contributed by atoms with Gasteiger partial charge in [-0.15, -0.1) is 11.3 Å². The second-order valence-corrected chi connectivity index (χ2v) is 7.26. The number of ketones is 1. The molecule has 1 aromatic heterocycles. The molecule has 0 radical (unpaired) electrons. The lowest BCUT2D eigenvalue weighted by Crippen LogP contribution is -2.03. The molecule has 1 heterocycles. The van der Waals surface area contributed by atoms with Gasteiger partial charge in [0.25, 0.3) is 0 Å². The van der Waals surface area contributed by atoms with E-state index >= 15 is 0 Å². The van der Waals surface area contributed by atoms with Gasteiger partial charge in [0, 0.05) is 4.88 Å². The van der Waals surface area contributed by atoms with Crippen LogP contribution in [0.4, 0.5) is 0 Å². The SMILES string of the molecule is CCCCc1ccc(C(=O)C(Br)Br)s1. The number of carbonyl (C=O) groups is 1. The summed E-state index contributed by atoms with van der Waals surface area (Å²) in [4.78, 5) is 13.7. The number of hydrogen-bond donors (Lipinski definition) is 0. The molecule has 0 bridgehead atoms. The smallest absolute Gasteiger partial charge is 0.197 e. The first-order valence-electron chi connectivity index (χ1n) is 4.56. The van der Waals surface area contributed by atoms with Crippen LogP contribution in [0.2, 0.25) is 0 Å². The molecule has 0 aliphatic heterocycles. The highest BCUT2D eigenvalue weighted by atomic mass is 79.9. The summed E-state index contributed by atoms with van der Waals surface area (Å²) in [5.74, 6) is 0.109. The predicted molar refractivity (Wildman–Crippen MR) is 68.9 cm³/mol. The third-order valence-corrected chi connectivity index (χ3v) is 3.87. The highest BCUT2D eigenvalue weighted by Crippen LogP contribution is 2.23. The van der Waals surface area contributed by atoms with E-state index in [2.05, 4.69) is 44.8 Å². The largest absolute Gasteiger partial charge is 0.291 e. The Kier molecular flexibility index (Phi) is 5.34. The summed E-state index contributed by atoms with van der Waals surface area (Å²) in [6.45, 7) is 2.17. The van der Waals surface area contributed by atoms with Gasteiger partial charge in [0.05, 0.1) is 4.88 Å². The molecule has 0 aliphatic carbocycles. The van der Waals surface area contributed by atoms with Gasteiger partial charge in [-0.1, -0.05) is 45.2 Å². The minimum absolute atomic E-state index is 0.109. The molecule has 0 aromatic carbocycles. The summed E-state index contributed by atoms with van der Waals surface area (Å²) in [5.41, 5.74) is 0. The fraction of sp³-hybridized carbons (Fsp3) is 0.500. The van der Waals surface area contributed by atoms with Crippen molar-refractivity contribution in [2.75, 3.05) is 0 Å². The van der Waals surface area contributed by atoms with E-state index in [0.29, 0.717) is 0 Å². The molecule has 0 atom stereocenters. The summed E-state index contributed by atoms with van der Waals surface area (Å²) in [7, 11) is 0. The number of hydrogen-bond acceptors (Lipinski definition) is 2. The standard InChI is InChI=1S/C10H12Br2OS/c1-2-3-4-7-5-6-8(14-7)9(13)10(11)12/h5-6,10H,2-4H2,1H3. The van der Waals surface area contributed by atoms with Crippen molar-refractivity contribution in [2.45, 2.75) is 29.9 Å². The summed E-state index contributed by atoms with van der Waals surface area (Å²) in [5, 5.41) is 0. The van der Waals surface area contributed by atoms with E-state index in [4.69, 9.17) is 0 Å². The number of rotatable bonds is 5. The lowest BCUT2D eigenvalue weighted by atomic mass is 10.2. The quantitative estimate of drug-likeness (QED) is 0.574. The fourth-order valence-electron chi connectivity index (χ4n) is 1.10. The van der Waals surface area contributed by atoms with Gasteiger partial charge in [0.2, 0.25) is 0 Å². The monoisotopic (exact) mass is 338 g/mol. The molecule has 78 valence electrons. The Bertz CT molecular complexity index is 307. The molecule has 14 heavy (non-hydrogen) atoms. The van der Waals surface area contributed by atoms with Crippen LogP contribution in [0.25, 0.3) is 0 Å². The van der Waals surface area contributed by atoms with Crippen molar-refractivity contribution >= 4 is 49.0 Å². The van der Waals surface area contributed by atoms with Gasteiger partial charge in [-0.2, -0.15) is 0 Å². The molecule has 0 saturated carbocycles. The Labute approximate surface area is 105 Å². The van der Waals surface area contributed by atoms with Gasteiger partial charge in [-0.3, -0.25) is 4.79 Å². The van der Waals surface area contributed by atoms with Gasteiger partial charge >= 0.3 is 0 Å². The van der Waals surface area contributed by atoms with Crippen molar-refractivity contribution in [2.24, 2.45) is 0 Å². The number of unbranched alkanes of at least 4 members (excludes halogenated alkanes) is 1. The number of Topliss-reactive ketones (excluding diaryl/α,β-unsaturated/α-hetero) is 1. The summed E-state index contributed by atoms with van der Waals surface area (Å²) in [6, 6.07) is 3.96. The number of thiophene rings is 1. The van der Waals surface area contributed by atoms with Gasteiger partial charge in [-0.05, 0) is 25.0 Å². The van der Waals surface area contributed by atoms with Gasteiger partial charge in [0.1, 0.15) is 3.74 Å². The van der Waals surface area contributed by atoms with Gasteiger partial charge in [0.15, 0.2) is 5.78 Å². The average Bonchev–Trinajstić information content (AvgIpc) is 2.61. The van der Waals surface area contributed by atoms with Crippen LogP contribution in [0.15, 0.2) is 12.1 Å². The number of carbonyl (C=O) groups excluding carboxylic acids is 1. The zero-order valence-electron chi connectivity index (χ0n) is 7.93. The van der Waals surface area contributed by atoms with Crippen LogP contribution in [0, 0.1) is 0 Å². The first kappa shape index (κ1) is 12.4.